The van der Waals surface area contributed by atoms with E-state index in [1.165, 1.54) is 18.9 Å². The van der Waals surface area contributed by atoms with E-state index in [1.54, 1.807) is 6.07 Å². The van der Waals surface area contributed by atoms with Gasteiger partial charge in [0.15, 0.2) is 0 Å². The number of halogens is 3. The molecule has 0 N–H and O–H groups in total. The molecule has 2 aromatic rings. The van der Waals surface area contributed by atoms with Gasteiger partial charge in [0.05, 0.1) is 21.9 Å². The van der Waals surface area contributed by atoms with E-state index in [1.807, 2.05) is 0 Å². The molecule has 1 heterocycles. The van der Waals surface area contributed by atoms with E-state index < -0.39 is 5.82 Å². The van der Waals surface area contributed by atoms with Gasteiger partial charge in [0, 0.05) is 12.1 Å². The Morgan fingerprint density at radius 2 is 2.26 bits per heavy atom. The Morgan fingerprint density at radius 1 is 1.47 bits per heavy atom. The van der Waals surface area contributed by atoms with Crippen LogP contribution in [0, 0.1) is 11.7 Å². The number of nitrogens with zero attached hydrogens (tertiary/aromatic N) is 2. The Balaban J connectivity index is 2.09. The minimum atomic E-state index is -0.430. The Kier molecular flexibility index (Phi) is 3.44. The molecule has 2 unspecified atom stereocenters. The van der Waals surface area contributed by atoms with E-state index in [9.17, 15) is 4.39 Å². The lowest BCUT2D eigenvalue weighted by atomic mass is 10.2. The quantitative estimate of drug-likeness (QED) is 0.732. The molecule has 1 aliphatic rings. The van der Waals surface area contributed by atoms with Crippen molar-refractivity contribution < 1.29 is 4.39 Å². The summed E-state index contributed by atoms with van der Waals surface area (Å²) < 4.78 is 15.6. The predicted octanol–water partition coefficient (Wildman–Crippen LogP) is 4.93. The van der Waals surface area contributed by atoms with Crippen molar-refractivity contribution in [1.29, 1.82) is 0 Å². The smallest absolute Gasteiger partial charge is 0.144 e. The fraction of sp³-hybridized carbons (Fsp3) is 0.500. The first-order valence-electron chi connectivity index (χ1n) is 6.57. The molecule has 2 nitrogen and oxygen atoms in total. The molecule has 1 aliphatic carbocycles. The van der Waals surface area contributed by atoms with E-state index in [0.29, 0.717) is 23.4 Å². The van der Waals surface area contributed by atoms with Crippen molar-refractivity contribution in [3.05, 3.63) is 28.8 Å². The van der Waals surface area contributed by atoms with Gasteiger partial charge in [-0.1, -0.05) is 24.9 Å². The lowest BCUT2D eigenvalue weighted by Gasteiger charge is -2.07. The van der Waals surface area contributed by atoms with E-state index in [2.05, 4.69) is 16.5 Å². The first kappa shape index (κ1) is 13.2. The summed E-state index contributed by atoms with van der Waals surface area (Å²) in [6, 6.07) is 3.50. The van der Waals surface area contributed by atoms with Gasteiger partial charge in [0.1, 0.15) is 11.6 Å². The number of aromatic nitrogens is 2. The second kappa shape index (κ2) is 4.95. The second-order valence-electron chi connectivity index (χ2n) is 5.14. The molecule has 0 saturated heterocycles. The molecule has 0 bridgehead atoms. The summed E-state index contributed by atoms with van der Waals surface area (Å²) in [4.78, 5) is 4.42. The molecule has 1 aromatic carbocycles. The maximum absolute atomic E-state index is 13.5. The van der Waals surface area contributed by atoms with E-state index in [0.717, 1.165) is 17.8 Å². The standard InChI is InChI=1S/C14H15Cl2FN2/c1-2-3-8-4-12(8)19-13-5-9(16)10(17)6-11(13)18-14(19)7-15/h5-6,8,12H,2-4,7H2,1H3. The summed E-state index contributed by atoms with van der Waals surface area (Å²) in [7, 11) is 0. The highest BCUT2D eigenvalue weighted by molar-refractivity contribution is 6.31. The minimum Gasteiger partial charge on any atom is -0.324 e. The highest BCUT2D eigenvalue weighted by atomic mass is 35.5. The zero-order valence-electron chi connectivity index (χ0n) is 10.7. The fourth-order valence-electron chi connectivity index (χ4n) is 2.83. The molecule has 5 heteroatoms. The number of alkyl halides is 1. The number of hydrogen-bond acceptors (Lipinski definition) is 1. The zero-order chi connectivity index (χ0) is 13.6. The van der Waals surface area contributed by atoms with Gasteiger partial charge in [-0.15, -0.1) is 11.6 Å². The number of imidazole rings is 1. The van der Waals surface area contributed by atoms with Crippen molar-refractivity contribution in [3.63, 3.8) is 0 Å². The van der Waals surface area contributed by atoms with Gasteiger partial charge in [-0.25, -0.2) is 9.37 Å². The number of hydrogen-bond donors (Lipinski definition) is 0. The van der Waals surface area contributed by atoms with Crippen molar-refractivity contribution in [1.82, 2.24) is 9.55 Å². The predicted molar refractivity (Wildman–Crippen MR) is 76.3 cm³/mol. The molecule has 19 heavy (non-hydrogen) atoms. The summed E-state index contributed by atoms with van der Waals surface area (Å²) >= 11 is 11.9. The van der Waals surface area contributed by atoms with Crippen LogP contribution in [0.15, 0.2) is 12.1 Å². The third-order valence-corrected chi connectivity index (χ3v) is 4.33. The van der Waals surface area contributed by atoms with Crippen molar-refractivity contribution in [3.8, 4) is 0 Å². The van der Waals surface area contributed by atoms with Crippen LogP contribution in [0.4, 0.5) is 4.39 Å². The third kappa shape index (κ3) is 2.23. The second-order valence-corrected chi connectivity index (χ2v) is 5.81. The van der Waals surface area contributed by atoms with Gasteiger partial charge in [-0.05, 0) is 24.8 Å². The normalized spacial score (nSPS) is 22.1. The molecule has 1 saturated carbocycles. The summed E-state index contributed by atoms with van der Waals surface area (Å²) in [5.41, 5.74) is 1.53. The van der Waals surface area contributed by atoms with Gasteiger partial charge >= 0.3 is 0 Å². The van der Waals surface area contributed by atoms with Crippen LogP contribution >= 0.6 is 23.2 Å². The number of fused-ring (bicyclic) bond motifs is 1. The number of rotatable bonds is 4. The molecule has 0 aliphatic heterocycles. The minimum absolute atomic E-state index is 0.141. The highest BCUT2D eigenvalue weighted by Crippen LogP contribution is 2.48. The van der Waals surface area contributed by atoms with Crippen molar-refractivity contribution >= 4 is 34.2 Å². The highest BCUT2D eigenvalue weighted by Gasteiger charge is 2.39. The third-order valence-electron chi connectivity index (χ3n) is 3.80. The zero-order valence-corrected chi connectivity index (χ0v) is 12.2. The van der Waals surface area contributed by atoms with Crippen LogP contribution in [0.1, 0.15) is 38.1 Å². The molecule has 0 amide bonds. The average Bonchev–Trinajstić information content (AvgIpc) is 3.04. The fourth-order valence-corrected chi connectivity index (χ4v) is 3.18. The van der Waals surface area contributed by atoms with Gasteiger partial charge < -0.3 is 4.57 Å². The van der Waals surface area contributed by atoms with Crippen molar-refractivity contribution in [2.45, 2.75) is 38.1 Å². The molecule has 0 radical (unpaired) electrons. The van der Waals surface area contributed by atoms with Gasteiger partial charge in [0.25, 0.3) is 0 Å². The summed E-state index contributed by atoms with van der Waals surface area (Å²) in [6.45, 7) is 2.19. The maximum atomic E-state index is 13.5. The van der Waals surface area contributed by atoms with Crippen LogP contribution in [-0.2, 0) is 5.88 Å². The van der Waals surface area contributed by atoms with Crippen LogP contribution in [0.5, 0.6) is 0 Å². The lowest BCUT2D eigenvalue weighted by molar-refractivity contribution is 0.605. The van der Waals surface area contributed by atoms with Gasteiger partial charge in [-0.3, -0.25) is 0 Å². The van der Waals surface area contributed by atoms with Crippen molar-refractivity contribution in [2.24, 2.45) is 5.92 Å². The van der Waals surface area contributed by atoms with E-state index >= 15 is 0 Å². The van der Waals surface area contributed by atoms with Crippen molar-refractivity contribution in [2.75, 3.05) is 0 Å². The molecule has 1 fully saturated rings. The first-order chi connectivity index (χ1) is 9.15. The Hall–Kier alpha value is -0.800. The van der Waals surface area contributed by atoms with Crippen LogP contribution in [0.3, 0.4) is 0 Å². The molecule has 1 aromatic heterocycles. The molecular weight excluding hydrogens is 286 g/mol. The topological polar surface area (TPSA) is 17.8 Å². The monoisotopic (exact) mass is 300 g/mol. The average molecular weight is 301 g/mol. The van der Waals surface area contributed by atoms with Crippen LogP contribution < -0.4 is 0 Å². The molecule has 0 spiro atoms. The first-order valence-corrected chi connectivity index (χ1v) is 7.48. The Morgan fingerprint density at radius 3 is 2.95 bits per heavy atom. The van der Waals surface area contributed by atoms with E-state index in [-0.39, 0.29) is 5.02 Å². The van der Waals surface area contributed by atoms with Crippen LogP contribution in [0.2, 0.25) is 5.02 Å². The summed E-state index contributed by atoms with van der Waals surface area (Å²) in [6.07, 6.45) is 3.54. The Labute approximate surface area is 121 Å². The molecule has 3 rings (SSSR count). The maximum Gasteiger partial charge on any atom is 0.144 e. The van der Waals surface area contributed by atoms with Gasteiger partial charge in [-0.2, -0.15) is 0 Å². The Bertz CT molecular complexity index is 623. The van der Waals surface area contributed by atoms with Gasteiger partial charge in [0.2, 0.25) is 0 Å². The largest absolute Gasteiger partial charge is 0.324 e. The SMILES string of the molecule is CCCC1CC1n1c(CCl)nc2cc(F)c(Cl)cc21. The summed E-state index contributed by atoms with van der Waals surface area (Å²) in [5, 5.41) is 0.141. The van der Waals surface area contributed by atoms with Crippen LogP contribution in [-0.4, -0.2) is 9.55 Å². The van der Waals surface area contributed by atoms with Crippen LogP contribution in [0.25, 0.3) is 11.0 Å². The van der Waals surface area contributed by atoms with E-state index in [4.69, 9.17) is 23.2 Å². The molecule has 102 valence electrons. The molecular formula is C14H15Cl2FN2. The summed E-state index contributed by atoms with van der Waals surface area (Å²) in [5.74, 6) is 1.40. The lowest BCUT2D eigenvalue weighted by Crippen LogP contribution is -2.01. The number of benzene rings is 1. The molecule has 2 atom stereocenters.